The monoisotopic (exact) mass is 323 g/mol. The number of benzene rings is 1. The van der Waals surface area contributed by atoms with E-state index in [1.165, 1.54) is 0 Å². The second-order valence-corrected chi connectivity index (χ2v) is 6.34. The van der Waals surface area contributed by atoms with E-state index in [0.29, 0.717) is 6.61 Å². The molecule has 1 saturated heterocycles. The molecule has 1 amide bonds. The molecular weight excluding hydrogens is 302 g/mol. The molecule has 0 radical (unpaired) electrons. The maximum absolute atomic E-state index is 12.8. The van der Waals surface area contributed by atoms with Crippen LogP contribution in [0.25, 0.3) is 0 Å². The van der Waals surface area contributed by atoms with Gasteiger partial charge in [0.05, 0.1) is 17.8 Å². The van der Waals surface area contributed by atoms with Gasteiger partial charge in [-0.05, 0) is 30.2 Å². The van der Waals surface area contributed by atoms with Crippen LogP contribution < -0.4 is 9.64 Å². The molecule has 0 unspecified atom stereocenters. The quantitative estimate of drug-likeness (QED) is 0.848. The Morgan fingerprint density at radius 3 is 2.71 bits per heavy atom. The number of carbonyl (C=O) groups is 1. The van der Waals surface area contributed by atoms with Crippen molar-refractivity contribution in [1.82, 2.24) is 9.88 Å². The molecule has 5 nitrogen and oxygen atoms in total. The predicted molar refractivity (Wildman–Crippen MR) is 92.2 cm³/mol. The molecule has 1 fully saturated rings. The fraction of sp³-hybridized carbons (Fsp3) is 0.368. The highest BCUT2D eigenvalue weighted by atomic mass is 16.5. The molecule has 0 aliphatic carbocycles. The number of anilines is 1. The molecule has 1 atom stereocenters. The topological polar surface area (TPSA) is 45.7 Å². The maximum Gasteiger partial charge on any atom is 0.229 e. The molecule has 4 rings (SSSR count). The number of ether oxygens (including phenoxy) is 1. The van der Waals surface area contributed by atoms with Gasteiger partial charge in [-0.2, -0.15) is 0 Å². The molecular formula is C19H21N3O2. The van der Waals surface area contributed by atoms with Gasteiger partial charge in [0.2, 0.25) is 5.91 Å². The summed E-state index contributed by atoms with van der Waals surface area (Å²) in [5.41, 5.74) is 2.26. The van der Waals surface area contributed by atoms with Gasteiger partial charge >= 0.3 is 0 Å². The first-order valence-corrected chi connectivity index (χ1v) is 8.46. The van der Waals surface area contributed by atoms with Gasteiger partial charge in [0, 0.05) is 32.4 Å². The van der Waals surface area contributed by atoms with Crippen molar-refractivity contribution < 1.29 is 9.53 Å². The Labute approximate surface area is 141 Å². The summed E-state index contributed by atoms with van der Waals surface area (Å²) in [6.45, 7) is 3.69. The van der Waals surface area contributed by atoms with Gasteiger partial charge in [0.1, 0.15) is 12.4 Å². The number of hydrogen-bond acceptors (Lipinski definition) is 4. The average molecular weight is 323 g/mol. The highest BCUT2D eigenvalue weighted by Crippen LogP contribution is 2.28. The molecule has 0 N–H and O–H groups in total. The van der Waals surface area contributed by atoms with Crippen LogP contribution >= 0.6 is 0 Å². The molecule has 0 spiro atoms. The number of para-hydroxylation sites is 1. The summed E-state index contributed by atoms with van der Waals surface area (Å²) < 4.78 is 5.77. The molecule has 3 heterocycles. The van der Waals surface area contributed by atoms with Gasteiger partial charge in [-0.25, -0.2) is 0 Å². The second-order valence-electron chi connectivity index (χ2n) is 6.34. The maximum atomic E-state index is 12.8. The van der Waals surface area contributed by atoms with Crippen LogP contribution in [0, 0.1) is 5.92 Å². The van der Waals surface area contributed by atoms with E-state index in [1.54, 1.807) is 6.20 Å². The van der Waals surface area contributed by atoms with Crippen molar-refractivity contribution in [3.8, 4) is 5.75 Å². The van der Waals surface area contributed by atoms with E-state index >= 15 is 0 Å². The van der Waals surface area contributed by atoms with Crippen LogP contribution in [-0.4, -0.2) is 48.6 Å². The lowest BCUT2D eigenvalue weighted by Crippen LogP contribution is -2.51. The molecule has 2 aliphatic rings. The minimum atomic E-state index is -0.0650. The molecule has 5 heteroatoms. The fourth-order valence-electron chi connectivity index (χ4n) is 3.47. The number of amides is 1. The van der Waals surface area contributed by atoms with Crippen molar-refractivity contribution >= 4 is 11.6 Å². The predicted octanol–water partition coefficient (Wildman–Crippen LogP) is 1.98. The third-order valence-electron chi connectivity index (χ3n) is 4.83. The van der Waals surface area contributed by atoms with Crippen LogP contribution in [0.4, 0.5) is 5.69 Å². The zero-order valence-corrected chi connectivity index (χ0v) is 13.6. The van der Waals surface area contributed by atoms with Crippen LogP contribution in [0.15, 0.2) is 48.8 Å². The standard InChI is InChI=1S/C19H21N3O2/c23-19(16-12-15-4-1-2-6-18(15)24-14-16)22-10-8-21(9-11-22)17-5-3-7-20-13-17/h1-7,13,16H,8-12,14H2/t16-/m1/s1. The van der Waals surface area contributed by atoms with E-state index in [1.807, 2.05) is 35.4 Å². The van der Waals surface area contributed by atoms with Crippen molar-refractivity contribution in [2.24, 2.45) is 5.92 Å². The largest absolute Gasteiger partial charge is 0.492 e. The average Bonchev–Trinajstić information content (AvgIpc) is 2.68. The van der Waals surface area contributed by atoms with E-state index in [0.717, 1.165) is 49.6 Å². The van der Waals surface area contributed by atoms with Gasteiger partial charge in [-0.1, -0.05) is 18.2 Å². The number of piperazine rings is 1. The molecule has 124 valence electrons. The van der Waals surface area contributed by atoms with E-state index in [2.05, 4.69) is 22.0 Å². The molecule has 1 aromatic carbocycles. The summed E-state index contributed by atoms with van der Waals surface area (Å²) in [5.74, 6) is 1.07. The fourth-order valence-corrected chi connectivity index (χ4v) is 3.47. The van der Waals surface area contributed by atoms with Crippen LogP contribution in [0.3, 0.4) is 0 Å². The zero-order chi connectivity index (χ0) is 16.4. The number of carbonyl (C=O) groups excluding carboxylic acids is 1. The Morgan fingerprint density at radius 2 is 1.92 bits per heavy atom. The third kappa shape index (κ3) is 2.94. The molecule has 1 aromatic heterocycles. The lowest BCUT2D eigenvalue weighted by atomic mass is 9.95. The highest BCUT2D eigenvalue weighted by Gasteiger charge is 2.31. The molecule has 0 bridgehead atoms. The summed E-state index contributed by atoms with van der Waals surface area (Å²) in [6.07, 6.45) is 4.44. The highest BCUT2D eigenvalue weighted by molar-refractivity contribution is 5.80. The molecule has 2 aliphatic heterocycles. The van der Waals surface area contributed by atoms with E-state index in [4.69, 9.17) is 4.74 Å². The normalized spacial score (nSPS) is 20.2. The van der Waals surface area contributed by atoms with Crippen molar-refractivity contribution in [3.63, 3.8) is 0 Å². The summed E-state index contributed by atoms with van der Waals surface area (Å²) >= 11 is 0. The minimum Gasteiger partial charge on any atom is -0.492 e. The number of hydrogen-bond donors (Lipinski definition) is 0. The van der Waals surface area contributed by atoms with E-state index in [9.17, 15) is 4.79 Å². The molecule has 2 aromatic rings. The second kappa shape index (κ2) is 6.51. The number of fused-ring (bicyclic) bond motifs is 1. The number of nitrogens with zero attached hydrogens (tertiary/aromatic N) is 3. The Balaban J connectivity index is 1.37. The number of aromatic nitrogens is 1. The van der Waals surface area contributed by atoms with Crippen molar-refractivity contribution in [1.29, 1.82) is 0 Å². The van der Waals surface area contributed by atoms with Crippen LogP contribution in [0.5, 0.6) is 5.75 Å². The SMILES string of the molecule is O=C([C@H]1COc2ccccc2C1)N1CCN(c2cccnc2)CC1. The summed E-state index contributed by atoms with van der Waals surface area (Å²) in [7, 11) is 0. The first kappa shape index (κ1) is 15.0. The van der Waals surface area contributed by atoms with Crippen LogP contribution in [-0.2, 0) is 11.2 Å². The van der Waals surface area contributed by atoms with Crippen LogP contribution in [0.1, 0.15) is 5.56 Å². The smallest absolute Gasteiger partial charge is 0.229 e. The van der Waals surface area contributed by atoms with Crippen molar-refractivity contribution in [3.05, 3.63) is 54.4 Å². The summed E-state index contributed by atoms with van der Waals surface area (Å²) in [5, 5.41) is 0. The Kier molecular flexibility index (Phi) is 4.07. The van der Waals surface area contributed by atoms with Crippen molar-refractivity contribution in [2.45, 2.75) is 6.42 Å². The first-order chi connectivity index (χ1) is 11.8. The van der Waals surface area contributed by atoms with Gasteiger partial charge in [-0.3, -0.25) is 9.78 Å². The zero-order valence-electron chi connectivity index (χ0n) is 13.6. The van der Waals surface area contributed by atoms with E-state index in [-0.39, 0.29) is 11.8 Å². The Bertz CT molecular complexity index is 712. The molecule has 0 saturated carbocycles. The lowest BCUT2D eigenvalue weighted by molar-refractivity contribution is -0.137. The Hall–Kier alpha value is -2.56. The summed E-state index contributed by atoms with van der Waals surface area (Å²) in [6, 6.07) is 12.0. The van der Waals surface area contributed by atoms with Gasteiger partial charge in [-0.15, -0.1) is 0 Å². The van der Waals surface area contributed by atoms with Crippen molar-refractivity contribution in [2.75, 3.05) is 37.7 Å². The third-order valence-corrected chi connectivity index (χ3v) is 4.83. The lowest BCUT2D eigenvalue weighted by Gasteiger charge is -2.38. The minimum absolute atomic E-state index is 0.0650. The Morgan fingerprint density at radius 1 is 1.08 bits per heavy atom. The first-order valence-electron chi connectivity index (χ1n) is 8.46. The van der Waals surface area contributed by atoms with Crippen LogP contribution in [0.2, 0.25) is 0 Å². The summed E-state index contributed by atoms with van der Waals surface area (Å²) in [4.78, 5) is 21.3. The number of rotatable bonds is 2. The molecule has 24 heavy (non-hydrogen) atoms. The van der Waals surface area contributed by atoms with Gasteiger partial charge in [0.15, 0.2) is 0 Å². The van der Waals surface area contributed by atoms with E-state index < -0.39 is 0 Å². The van der Waals surface area contributed by atoms with Gasteiger partial charge < -0.3 is 14.5 Å². The number of pyridine rings is 1. The van der Waals surface area contributed by atoms with Gasteiger partial charge in [0.25, 0.3) is 0 Å².